The zero-order valence-corrected chi connectivity index (χ0v) is 24.3. The van der Waals surface area contributed by atoms with Crippen LogP contribution in [0.1, 0.15) is 39.2 Å². The molecule has 232 valence electrons. The highest BCUT2D eigenvalue weighted by Crippen LogP contribution is 2.32. The fourth-order valence-electron chi connectivity index (χ4n) is 5.74. The Balaban J connectivity index is 1.07. The number of para-hydroxylation sites is 1. The summed E-state index contributed by atoms with van der Waals surface area (Å²) in [5, 5.41) is 9.55. The van der Waals surface area contributed by atoms with E-state index >= 15 is 0 Å². The van der Waals surface area contributed by atoms with Crippen LogP contribution in [0.4, 0.5) is 17.6 Å². The molecule has 0 atom stereocenters. The SMILES string of the molecule is O=C(CCc1cn(Cc2cn(Cc3ccc(F)cc3)nn2)c2ccccc12)N1CCN(C(=O)c2ccccc2C(F)(F)F)CC1. The molecule has 3 aromatic carbocycles. The van der Waals surface area contributed by atoms with Crippen molar-refractivity contribution in [3.63, 3.8) is 0 Å². The number of amides is 2. The highest BCUT2D eigenvalue weighted by Gasteiger charge is 2.36. The number of aryl methyl sites for hydroxylation is 1. The number of benzene rings is 3. The van der Waals surface area contributed by atoms with Gasteiger partial charge in [0.2, 0.25) is 5.91 Å². The molecule has 1 aliphatic rings. The van der Waals surface area contributed by atoms with E-state index in [1.807, 2.05) is 36.7 Å². The molecule has 5 aromatic rings. The predicted octanol–water partition coefficient (Wildman–Crippen LogP) is 5.40. The van der Waals surface area contributed by atoms with Crippen LogP contribution in [0.25, 0.3) is 10.9 Å². The monoisotopic (exact) mass is 618 g/mol. The number of fused-ring (bicyclic) bond motifs is 1. The van der Waals surface area contributed by atoms with Crippen molar-refractivity contribution in [3.05, 3.63) is 119 Å². The van der Waals surface area contributed by atoms with Gasteiger partial charge in [-0.1, -0.05) is 47.7 Å². The van der Waals surface area contributed by atoms with Crippen LogP contribution < -0.4 is 0 Å². The van der Waals surface area contributed by atoms with Gasteiger partial charge in [0.1, 0.15) is 11.5 Å². The normalized spacial score (nSPS) is 13.9. The van der Waals surface area contributed by atoms with Crippen molar-refractivity contribution < 1.29 is 27.2 Å². The Morgan fingerprint density at radius 1 is 0.800 bits per heavy atom. The van der Waals surface area contributed by atoms with E-state index in [1.165, 1.54) is 35.2 Å². The second kappa shape index (κ2) is 12.5. The zero-order chi connectivity index (χ0) is 31.6. The van der Waals surface area contributed by atoms with E-state index in [2.05, 4.69) is 14.9 Å². The van der Waals surface area contributed by atoms with Gasteiger partial charge >= 0.3 is 6.18 Å². The maximum atomic E-state index is 13.4. The number of rotatable bonds is 8. The Morgan fingerprint density at radius 2 is 1.49 bits per heavy atom. The maximum Gasteiger partial charge on any atom is 0.417 e. The minimum Gasteiger partial charge on any atom is -0.341 e. The molecule has 0 saturated carbocycles. The molecule has 6 rings (SSSR count). The van der Waals surface area contributed by atoms with Crippen molar-refractivity contribution in [1.29, 1.82) is 0 Å². The van der Waals surface area contributed by atoms with E-state index in [9.17, 15) is 27.2 Å². The summed E-state index contributed by atoms with van der Waals surface area (Å²) >= 11 is 0. The molecule has 8 nitrogen and oxygen atoms in total. The van der Waals surface area contributed by atoms with Crippen LogP contribution in [0.5, 0.6) is 0 Å². The lowest BCUT2D eigenvalue weighted by atomic mass is 10.1. The topological polar surface area (TPSA) is 76.3 Å². The highest BCUT2D eigenvalue weighted by atomic mass is 19.4. The van der Waals surface area contributed by atoms with Crippen molar-refractivity contribution in [2.45, 2.75) is 32.1 Å². The zero-order valence-electron chi connectivity index (χ0n) is 24.3. The van der Waals surface area contributed by atoms with Gasteiger partial charge in [0, 0.05) is 49.7 Å². The summed E-state index contributed by atoms with van der Waals surface area (Å²) in [7, 11) is 0. The fraction of sp³-hybridized carbons (Fsp3) is 0.273. The maximum absolute atomic E-state index is 13.4. The molecule has 2 aromatic heterocycles. The third-order valence-corrected chi connectivity index (χ3v) is 8.04. The minimum atomic E-state index is -4.63. The Labute approximate surface area is 256 Å². The van der Waals surface area contributed by atoms with Gasteiger partial charge in [-0.2, -0.15) is 13.2 Å². The largest absolute Gasteiger partial charge is 0.417 e. The van der Waals surface area contributed by atoms with Crippen LogP contribution in [0.3, 0.4) is 0 Å². The first-order valence-electron chi connectivity index (χ1n) is 14.6. The molecule has 1 fully saturated rings. The number of nitrogens with zero attached hydrogens (tertiary/aromatic N) is 6. The molecule has 0 N–H and O–H groups in total. The van der Waals surface area contributed by atoms with Gasteiger partial charge in [-0.25, -0.2) is 9.07 Å². The number of halogens is 4. The van der Waals surface area contributed by atoms with E-state index in [0.29, 0.717) is 19.5 Å². The third kappa shape index (κ3) is 6.74. The summed E-state index contributed by atoms with van der Waals surface area (Å²) < 4.78 is 57.3. The van der Waals surface area contributed by atoms with Gasteiger partial charge in [0.15, 0.2) is 0 Å². The molecule has 1 aliphatic heterocycles. The fourth-order valence-corrected chi connectivity index (χ4v) is 5.74. The first kappa shape index (κ1) is 30.0. The molecule has 1 saturated heterocycles. The number of piperazine rings is 1. The Morgan fingerprint density at radius 3 is 2.24 bits per heavy atom. The average Bonchev–Trinajstić information content (AvgIpc) is 3.64. The summed E-state index contributed by atoms with van der Waals surface area (Å²) in [6, 6.07) is 18.9. The number of aromatic nitrogens is 4. The minimum absolute atomic E-state index is 0.0710. The van der Waals surface area contributed by atoms with Gasteiger partial charge in [0.05, 0.1) is 30.4 Å². The van der Waals surface area contributed by atoms with E-state index in [-0.39, 0.29) is 49.9 Å². The Bertz CT molecular complexity index is 1820. The number of carbonyl (C=O) groups is 2. The van der Waals surface area contributed by atoms with Crippen LogP contribution in [-0.4, -0.2) is 67.4 Å². The van der Waals surface area contributed by atoms with Crippen LogP contribution in [0, 0.1) is 5.82 Å². The number of carbonyl (C=O) groups excluding carboxylic acids is 2. The lowest BCUT2D eigenvalue weighted by Crippen LogP contribution is -2.50. The van der Waals surface area contributed by atoms with Gasteiger partial charge in [0.25, 0.3) is 5.91 Å². The molecular weight excluding hydrogens is 588 g/mol. The number of hydrogen-bond acceptors (Lipinski definition) is 4. The van der Waals surface area contributed by atoms with Crippen LogP contribution in [-0.2, 0) is 30.5 Å². The van der Waals surface area contributed by atoms with E-state index < -0.39 is 17.6 Å². The summed E-state index contributed by atoms with van der Waals surface area (Å²) in [5.41, 5.74) is 2.34. The highest BCUT2D eigenvalue weighted by molar-refractivity contribution is 5.96. The van der Waals surface area contributed by atoms with Gasteiger partial charge in [-0.15, -0.1) is 5.10 Å². The van der Waals surface area contributed by atoms with Crippen molar-refractivity contribution in [2.24, 2.45) is 0 Å². The van der Waals surface area contributed by atoms with Crippen molar-refractivity contribution in [3.8, 4) is 0 Å². The molecule has 3 heterocycles. The van der Waals surface area contributed by atoms with E-state index in [0.717, 1.165) is 33.8 Å². The number of alkyl halides is 3. The lowest BCUT2D eigenvalue weighted by molar-refractivity contribution is -0.138. The predicted molar refractivity (Wildman–Crippen MR) is 159 cm³/mol. The van der Waals surface area contributed by atoms with Gasteiger partial charge in [-0.05, 0) is 47.9 Å². The standard InChI is InChI=1S/C33H30F4N6O2/c34-25-12-9-23(10-13-25)19-43-22-26(38-39-43)21-42-20-24(27-5-2-4-8-30(27)42)11-14-31(44)40-15-17-41(18-16-40)32(45)28-6-1-3-7-29(28)33(35,36)37/h1-10,12-13,20,22H,11,14-19,21H2. The molecule has 2 amide bonds. The first-order valence-corrected chi connectivity index (χ1v) is 14.6. The Hall–Kier alpha value is -5.00. The molecule has 0 unspecified atom stereocenters. The van der Waals surface area contributed by atoms with Crippen LogP contribution >= 0.6 is 0 Å². The molecule has 0 aliphatic carbocycles. The van der Waals surface area contributed by atoms with Crippen LogP contribution in [0.2, 0.25) is 0 Å². The summed E-state index contributed by atoms with van der Waals surface area (Å²) in [5.74, 6) is -1.05. The summed E-state index contributed by atoms with van der Waals surface area (Å²) in [6.07, 6.45) is 0.00431. The quantitative estimate of drug-likeness (QED) is 0.218. The van der Waals surface area contributed by atoms with Crippen molar-refractivity contribution in [1.82, 2.24) is 29.4 Å². The summed E-state index contributed by atoms with van der Waals surface area (Å²) in [4.78, 5) is 29.1. The molecule has 0 spiro atoms. The number of hydrogen-bond donors (Lipinski definition) is 0. The molecule has 45 heavy (non-hydrogen) atoms. The van der Waals surface area contributed by atoms with Crippen LogP contribution in [0.15, 0.2) is 85.2 Å². The molecular formula is C33H30F4N6O2. The molecule has 12 heteroatoms. The smallest absolute Gasteiger partial charge is 0.341 e. The second-order valence-electron chi connectivity index (χ2n) is 11.0. The van der Waals surface area contributed by atoms with Gasteiger partial charge in [-0.3, -0.25) is 9.59 Å². The van der Waals surface area contributed by atoms with Crippen molar-refractivity contribution >= 4 is 22.7 Å². The molecule has 0 radical (unpaired) electrons. The van der Waals surface area contributed by atoms with Crippen molar-refractivity contribution in [2.75, 3.05) is 26.2 Å². The van der Waals surface area contributed by atoms with Gasteiger partial charge < -0.3 is 14.4 Å². The van der Waals surface area contributed by atoms with E-state index in [1.54, 1.807) is 21.7 Å². The van der Waals surface area contributed by atoms with E-state index in [4.69, 9.17) is 0 Å². The third-order valence-electron chi connectivity index (χ3n) is 8.04. The summed E-state index contributed by atoms with van der Waals surface area (Å²) in [6.45, 7) is 1.79. The Kier molecular flexibility index (Phi) is 8.38. The second-order valence-corrected chi connectivity index (χ2v) is 11.0. The first-order chi connectivity index (χ1) is 21.7. The average molecular weight is 619 g/mol. The molecule has 0 bridgehead atoms. The lowest BCUT2D eigenvalue weighted by Gasteiger charge is -2.35.